The summed E-state index contributed by atoms with van der Waals surface area (Å²) in [7, 11) is 4.08. The van der Waals surface area contributed by atoms with E-state index in [4.69, 9.17) is 0 Å². The minimum absolute atomic E-state index is 0.315. The van der Waals surface area contributed by atoms with Crippen LogP contribution < -0.4 is 0 Å². The summed E-state index contributed by atoms with van der Waals surface area (Å²) in [6.45, 7) is 0.929. The number of hydrogen-bond donors (Lipinski definition) is 1. The molecular weight excluding hydrogens is 210 g/mol. The molecule has 1 unspecified atom stereocenters. The van der Waals surface area contributed by atoms with E-state index in [-0.39, 0.29) is 6.10 Å². The van der Waals surface area contributed by atoms with Gasteiger partial charge in [0.2, 0.25) is 0 Å². The molecule has 2 heteroatoms. The molecule has 1 aromatic carbocycles. The van der Waals surface area contributed by atoms with E-state index in [1.165, 1.54) is 36.8 Å². The molecule has 1 aliphatic rings. The fourth-order valence-electron chi connectivity index (χ4n) is 2.51. The van der Waals surface area contributed by atoms with Gasteiger partial charge in [0.05, 0.1) is 6.10 Å². The van der Waals surface area contributed by atoms with Crippen LogP contribution in [-0.4, -0.2) is 30.6 Å². The lowest BCUT2D eigenvalue weighted by molar-refractivity contribution is 0.154. The topological polar surface area (TPSA) is 23.5 Å². The van der Waals surface area contributed by atoms with Gasteiger partial charge >= 0.3 is 0 Å². The highest BCUT2D eigenvalue weighted by Crippen LogP contribution is 2.25. The van der Waals surface area contributed by atoms with Gasteiger partial charge < -0.3 is 10.0 Å². The Morgan fingerprint density at radius 1 is 1.18 bits per heavy atom. The van der Waals surface area contributed by atoms with Crippen LogP contribution in [0.25, 0.3) is 0 Å². The standard InChI is InChI=1S/C15H23NO/c1-16(2)10-9-15(17)14-8-7-12-5-3-4-6-13(12)11-14/h7-8,11,15,17H,3-6,9-10H2,1-2H3. The van der Waals surface area contributed by atoms with E-state index in [0.29, 0.717) is 0 Å². The molecule has 0 saturated heterocycles. The summed E-state index contributed by atoms with van der Waals surface area (Å²) in [6.07, 6.45) is 5.50. The van der Waals surface area contributed by atoms with Gasteiger partial charge in [-0.05, 0) is 62.9 Å². The third kappa shape index (κ3) is 3.30. The highest BCUT2D eigenvalue weighted by atomic mass is 16.3. The van der Waals surface area contributed by atoms with E-state index in [1.54, 1.807) is 0 Å². The van der Waals surface area contributed by atoms with Crippen molar-refractivity contribution in [2.45, 2.75) is 38.2 Å². The molecule has 0 aromatic heterocycles. The molecule has 0 saturated carbocycles. The summed E-state index contributed by atoms with van der Waals surface area (Å²) in [6, 6.07) is 6.53. The van der Waals surface area contributed by atoms with Crippen molar-refractivity contribution in [3.8, 4) is 0 Å². The Labute approximate surface area is 104 Å². The monoisotopic (exact) mass is 233 g/mol. The summed E-state index contributed by atoms with van der Waals surface area (Å²) in [5.74, 6) is 0. The summed E-state index contributed by atoms with van der Waals surface area (Å²) in [5, 5.41) is 10.1. The molecule has 1 N–H and O–H groups in total. The van der Waals surface area contributed by atoms with Crippen molar-refractivity contribution in [1.29, 1.82) is 0 Å². The normalized spacial score (nSPS) is 16.9. The predicted octanol–water partition coefficient (Wildman–Crippen LogP) is 2.55. The lowest BCUT2D eigenvalue weighted by atomic mass is 9.89. The van der Waals surface area contributed by atoms with Crippen molar-refractivity contribution in [3.05, 3.63) is 34.9 Å². The van der Waals surface area contributed by atoms with Crippen LogP contribution in [0.15, 0.2) is 18.2 Å². The molecule has 2 rings (SSSR count). The maximum absolute atomic E-state index is 10.1. The van der Waals surface area contributed by atoms with Gasteiger partial charge in [-0.3, -0.25) is 0 Å². The van der Waals surface area contributed by atoms with Gasteiger partial charge in [-0.25, -0.2) is 0 Å². The van der Waals surface area contributed by atoms with E-state index >= 15 is 0 Å². The third-order valence-electron chi connectivity index (χ3n) is 3.61. The van der Waals surface area contributed by atoms with Gasteiger partial charge in [0.15, 0.2) is 0 Å². The Kier molecular flexibility index (Phi) is 4.19. The maximum atomic E-state index is 10.1. The molecule has 0 spiro atoms. The van der Waals surface area contributed by atoms with Crippen LogP contribution in [0.3, 0.4) is 0 Å². The highest BCUT2D eigenvalue weighted by molar-refractivity contribution is 5.34. The molecule has 1 aliphatic carbocycles. The Hall–Kier alpha value is -0.860. The van der Waals surface area contributed by atoms with Crippen molar-refractivity contribution in [3.63, 3.8) is 0 Å². The fourth-order valence-corrected chi connectivity index (χ4v) is 2.51. The summed E-state index contributed by atoms with van der Waals surface area (Å²) in [5.41, 5.74) is 4.03. The number of hydrogen-bond acceptors (Lipinski definition) is 2. The van der Waals surface area contributed by atoms with Crippen molar-refractivity contribution in [2.75, 3.05) is 20.6 Å². The number of benzene rings is 1. The smallest absolute Gasteiger partial charge is 0.0802 e. The lowest BCUT2D eigenvalue weighted by Crippen LogP contribution is -2.16. The zero-order chi connectivity index (χ0) is 12.3. The van der Waals surface area contributed by atoms with Crippen LogP contribution in [0.5, 0.6) is 0 Å². The molecular formula is C15H23NO. The van der Waals surface area contributed by atoms with E-state index < -0.39 is 0 Å². The van der Waals surface area contributed by atoms with Crippen molar-refractivity contribution in [1.82, 2.24) is 4.90 Å². The van der Waals surface area contributed by atoms with E-state index in [1.807, 2.05) is 14.1 Å². The molecule has 1 atom stereocenters. The van der Waals surface area contributed by atoms with Crippen molar-refractivity contribution < 1.29 is 5.11 Å². The Morgan fingerprint density at radius 2 is 1.88 bits per heavy atom. The zero-order valence-corrected chi connectivity index (χ0v) is 10.9. The fraction of sp³-hybridized carbons (Fsp3) is 0.600. The minimum atomic E-state index is -0.315. The first-order valence-electron chi connectivity index (χ1n) is 6.61. The SMILES string of the molecule is CN(C)CCC(O)c1ccc2c(c1)CCCC2. The summed E-state index contributed by atoms with van der Waals surface area (Å²) in [4.78, 5) is 2.11. The first-order chi connectivity index (χ1) is 8.16. The van der Waals surface area contributed by atoms with Crippen LogP contribution in [0.2, 0.25) is 0 Å². The molecule has 0 fully saturated rings. The first-order valence-corrected chi connectivity index (χ1v) is 6.61. The van der Waals surface area contributed by atoms with Gasteiger partial charge in [0, 0.05) is 6.54 Å². The first kappa shape index (κ1) is 12.6. The molecule has 17 heavy (non-hydrogen) atoms. The van der Waals surface area contributed by atoms with Gasteiger partial charge in [-0.2, -0.15) is 0 Å². The van der Waals surface area contributed by atoms with Crippen molar-refractivity contribution >= 4 is 0 Å². The maximum Gasteiger partial charge on any atom is 0.0802 e. The number of aliphatic hydroxyl groups excluding tert-OH is 1. The van der Waals surface area contributed by atoms with Gasteiger partial charge in [0.25, 0.3) is 0 Å². The van der Waals surface area contributed by atoms with E-state index in [9.17, 15) is 5.11 Å². The van der Waals surface area contributed by atoms with Crippen LogP contribution in [-0.2, 0) is 12.8 Å². The molecule has 1 aromatic rings. The Balaban J connectivity index is 2.05. The Bertz CT molecular complexity index is 373. The highest BCUT2D eigenvalue weighted by Gasteiger charge is 2.13. The summed E-state index contributed by atoms with van der Waals surface area (Å²) < 4.78 is 0. The molecule has 0 heterocycles. The van der Waals surface area contributed by atoms with Gasteiger partial charge in [-0.1, -0.05) is 18.2 Å². The van der Waals surface area contributed by atoms with E-state index in [2.05, 4.69) is 23.1 Å². The molecule has 0 amide bonds. The quantitative estimate of drug-likeness (QED) is 0.864. The number of rotatable bonds is 4. The van der Waals surface area contributed by atoms with Crippen LogP contribution in [0.1, 0.15) is 42.1 Å². The molecule has 0 radical (unpaired) electrons. The zero-order valence-electron chi connectivity index (χ0n) is 10.9. The average molecular weight is 233 g/mol. The van der Waals surface area contributed by atoms with Crippen LogP contribution in [0, 0.1) is 0 Å². The van der Waals surface area contributed by atoms with Crippen LogP contribution in [0.4, 0.5) is 0 Å². The van der Waals surface area contributed by atoms with Crippen molar-refractivity contribution in [2.24, 2.45) is 0 Å². The lowest BCUT2D eigenvalue weighted by Gasteiger charge is -2.19. The van der Waals surface area contributed by atoms with Gasteiger partial charge in [0.1, 0.15) is 0 Å². The van der Waals surface area contributed by atoms with E-state index in [0.717, 1.165) is 18.5 Å². The molecule has 2 nitrogen and oxygen atoms in total. The molecule has 94 valence electrons. The average Bonchev–Trinajstić information content (AvgIpc) is 2.35. The second-order valence-electron chi connectivity index (χ2n) is 5.34. The Morgan fingerprint density at radius 3 is 2.59 bits per heavy atom. The number of fused-ring (bicyclic) bond motifs is 1. The predicted molar refractivity (Wildman–Crippen MR) is 71.2 cm³/mol. The second kappa shape index (κ2) is 5.65. The number of aliphatic hydroxyl groups is 1. The van der Waals surface area contributed by atoms with Gasteiger partial charge in [-0.15, -0.1) is 0 Å². The molecule has 0 aliphatic heterocycles. The largest absolute Gasteiger partial charge is 0.388 e. The number of aryl methyl sites for hydroxylation is 2. The minimum Gasteiger partial charge on any atom is -0.388 e. The molecule has 0 bridgehead atoms. The number of nitrogens with zero attached hydrogens (tertiary/aromatic N) is 1. The summed E-state index contributed by atoms with van der Waals surface area (Å²) >= 11 is 0. The third-order valence-corrected chi connectivity index (χ3v) is 3.61. The van der Waals surface area contributed by atoms with Crippen LogP contribution >= 0.6 is 0 Å². The second-order valence-corrected chi connectivity index (χ2v) is 5.34.